The molecule has 3 rings (SSSR count). The van der Waals surface area contributed by atoms with Crippen LogP contribution in [0.15, 0.2) is 64.7 Å². The Labute approximate surface area is 156 Å². The summed E-state index contributed by atoms with van der Waals surface area (Å²) in [6.45, 7) is 7.38. The van der Waals surface area contributed by atoms with Crippen LogP contribution in [0.1, 0.15) is 11.1 Å². The Hall–Kier alpha value is -3.41. The van der Waals surface area contributed by atoms with Gasteiger partial charge >= 0.3 is 5.69 Å². The Kier molecular flexibility index (Phi) is 5.07. The number of anilines is 1. The summed E-state index contributed by atoms with van der Waals surface area (Å²) in [4.78, 5) is 37.9. The van der Waals surface area contributed by atoms with E-state index in [0.29, 0.717) is 16.6 Å². The van der Waals surface area contributed by atoms with Crippen molar-refractivity contribution in [1.29, 1.82) is 0 Å². The minimum absolute atomic E-state index is 0.0845. The van der Waals surface area contributed by atoms with Crippen LogP contribution in [0, 0.1) is 13.8 Å². The van der Waals surface area contributed by atoms with Crippen molar-refractivity contribution in [1.82, 2.24) is 9.13 Å². The zero-order valence-electron chi connectivity index (χ0n) is 15.4. The van der Waals surface area contributed by atoms with Gasteiger partial charge < -0.3 is 5.32 Å². The summed E-state index contributed by atoms with van der Waals surface area (Å²) in [6, 6.07) is 12.5. The molecule has 2 aromatic carbocycles. The van der Waals surface area contributed by atoms with Gasteiger partial charge in [0.15, 0.2) is 0 Å². The van der Waals surface area contributed by atoms with Crippen molar-refractivity contribution in [2.45, 2.75) is 26.9 Å². The molecular weight excluding hydrogens is 342 g/mol. The lowest BCUT2D eigenvalue weighted by Crippen LogP contribution is -2.41. The molecule has 0 aliphatic rings. The molecule has 0 aliphatic carbocycles. The van der Waals surface area contributed by atoms with Gasteiger partial charge in [-0.25, -0.2) is 4.79 Å². The van der Waals surface area contributed by atoms with Gasteiger partial charge in [0, 0.05) is 12.2 Å². The van der Waals surface area contributed by atoms with Crippen molar-refractivity contribution in [3.05, 3.63) is 87.1 Å². The predicted octanol–water partition coefficient (Wildman–Crippen LogP) is 2.60. The quantitative estimate of drug-likeness (QED) is 0.708. The molecule has 0 radical (unpaired) electrons. The molecule has 0 saturated carbocycles. The summed E-state index contributed by atoms with van der Waals surface area (Å²) < 4.78 is 2.40. The second-order valence-corrected chi connectivity index (χ2v) is 6.46. The van der Waals surface area contributed by atoms with Crippen LogP contribution in [0.3, 0.4) is 0 Å². The first-order chi connectivity index (χ1) is 12.9. The van der Waals surface area contributed by atoms with Crippen LogP contribution in [-0.2, 0) is 17.9 Å². The average molecular weight is 363 g/mol. The molecule has 1 N–H and O–H groups in total. The first kappa shape index (κ1) is 18.4. The SMILES string of the molecule is C=CCn1c(=O)c2ccccc2n(CC(=O)Nc2ccc(C)cc2C)c1=O. The molecule has 138 valence electrons. The maximum absolute atomic E-state index is 12.8. The fraction of sp³-hybridized carbons (Fsp3) is 0.190. The number of fused-ring (bicyclic) bond motifs is 1. The molecule has 27 heavy (non-hydrogen) atoms. The molecule has 1 aromatic heterocycles. The third-order valence-electron chi connectivity index (χ3n) is 4.40. The van der Waals surface area contributed by atoms with Gasteiger partial charge in [0.05, 0.1) is 10.9 Å². The third-order valence-corrected chi connectivity index (χ3v) is 4.40. The molecule has 0 fully saturated rings. The molecule has 6 nitrogen and oxygen atoms in total. The van der Waals surface area contributed by atoms with E-state index in [1.54, 1.807) is 24.3 Å². The molecule has 0 unspecified atom stereocenters. The number of hydrogen-bond donors (Lipinski definition) is 1. The van der Waals surface area contributed by atoms with Crippen LogP contribution >= 0.6 is 0 Å². The molecule has 1 heterocycles. The van der Waals surface area contributed by atoms with E-state index < -0.39 is 5.69 Å². The molecule has 0 spiro atoms. The van der Waals surface area contributed by atoms with Crippen LogP contribution in [0.5, 0.6) is 0 Å². The molecule has 6 heteroatoms. The van der Waals surface area contributed by atoms with Gasteiger partial charge in [-0.1, -0.05) is 35.9 Å². The predicted molar refractivity (Wildman–Crippen MR) is 107 cm³/mol. The molecule has 0 atom stereocenters. The number of aryl methyl sites for hydroxylation is 2. The summed E-state index contributed by atoms with van der Waals surface area (Å²) in [6.07, 6.45) is 1.48. The van der Waals surface area contributed by atoms with Crippen molar-refractivity contribution in [2.75, 3.05) is 5.32 Å². The Balaban J connectivity index is 2.03. The van der Waals surface area contributed by atoms with Crippen molar-refractivity contribution in [3.63, 3.8) is 0 Å². The fourth-order valence-electron chi connectivity index (χ4n) is 3.10. The van der Waals surface area contributed by atoms with E-state index in [0.717, 1.165) is 15.7 Å². The standard InChI is InChI=1S/C21H21N3O3/c1-4-11-23-20(26)16-7-5-6-8-18(16)24(21(23)27)13-19(25)22-17-10-9-14(2)12-15(17)3/h4-10,12H,1,11,13H2,2-3H3,(H,22,25). The highest BCUT2D eigenvalue weighted by Gasteiger charge is 2.15. The second kappa shape index (κ2) is 7.45. The normalized spacial score (nSPS) is 10.7. The summed E-state index contributed by atoms with van der Waals surface area (Å²) >= 11 is 0. The maximum Gasteiger partial charge on any atom is 0.332 e. The van der Waals surface area contributed by atoms with Gasteiger partial charge in [-0.2, -0.15) is 0 Å². The van der Waals surface area contributed by atoms with Gasteiger partial charge in [-0.15, -0.1) is 6.58 Å². The molecule has 1 amide bonds. The first-order valence-corrected chi connectivity index (χ1v) is 8.62. The Bertz CT molecular complexity index is 1160. The smallest absolute Gasteiger partial charge is 0.324 e. The third kappa shape index (κ3) is 3.60. The molecule has 0 aliphatic heterocycles. The highest BCUT2D eigenvalue weighted by Crippen LogP contribution is 2.16. The van der Waals surface area contributed by atoms with Crippen LogP contribution in [-0.4, -0.2) is 15.0 Å². The first-order valence-electron chi connectivity index (χ1n) is 8.62. The monoisotopic (exact) mass is 363 g/mol. The number of carbonyl (C=O) groups is 1. The summed E-state index contributed by atoms with van der Waals surface area (Å²) in [5.74, 6) is -0.335. The number of carbonyl (C=O) groups excluding carboxylic acids is 1. The molecular formula is C21H21N3O3. The Morgan fingerprint density at radius 3 is 2.56 bits per heavy atom. The number of nitrogens with zero attached hydrogens (tertiary/aromatic N) is 2. The summed E-state index contributed by atoms with van der Waals surface area (Å²) in [5, 5.41) is 3.22. The van der Waals surface area contributed by atoms with Crippen molar-refractivity contribution < 1.29 is 4.79 Å². The number of nitrogens with one attached hydrogen (secondary N) is 1. The van der Waals surface area contributed by atoms with E-state index in [1.165, 1.54) is 10.6 Å². The van der Waals surface area contributed by atoms with Crippen molar-refractivity contribution in [3.8, 4) is 0 Å². The Morgan fingerprint density at radius 2 is 1.85 bits per heavy atom. The number of aromatic nitrogens is 2. The van der Waals surface area contributed by atoms with Gasteiger partial charge in [-0.3, -0.25) is 18.7 Å². The lowest BCUT2D eigenvalue weighted by molar-refractivity contribution is -0.116. The minimum atomic E-state index is -0.533. The van der Waals surface area contributed by atoms with Crippen LogP contribution in [0.2, 0.25) is 0 Å². The van der Waals surface area contributed by atoms with E-state index in [-0.39, 0.29) is 24.6 Å². The maximum atomic E-state index is 12.8. The van der Waals surface area contributed by atoms with Gasteiger partial charge in [0.2, 0.25) is 5.91 Å². The van der Waals surface area contributed by atoms with Gasteiger partial charge in [-0.05, 0) is 37.6 Å². The van der Waals surface area contributed by atoms with Gasteiger partial charge in [0.25, 0.3) is 5.56 Å². The number of hydrogen-bond acceptors (Lipinski definition) is 3. The number of allylic oxidation sites excluding steroid dienone is 1. The largest absolute Gasteiger partial charge is 0.332 e. The van der Waals surface area contributed by atoms with Crippen LogP contribution in [0.25, 0.3) is 10.9 Å². The highest BCUT2D eigenvalue weighted by molar-refractivity contribution is 5.92. The van der Waals surface area contributed by atoms with Crippen LogP contribution < -0.4 is 16.6 Å². The summed E-state index contributed by atoms with van der Waals surface area (Å²) in [5.41, 5.74) is 2.25. The number of benzene rings is 2. The average Bonchev–Trinajstić information content (AvgIpc) is 2.64. The van der Waals surface area contributed by atoms with Crippen molar-refractivity contribution in [2.24, 2.45) is 0 Å². The van der Waals surface area contributed by atoms with Gasteiger partial charge in [0.1, 0.15) is 6.54 Å². The van der Waals surface area contributed by atoms with E-state index in [1.807, 2.05) is 32.0 Å². The van der Waals surface area contributed by atoms with E-state index in [4.69, 9.17) is 0 Å². The van der Waals surface area contributed by atoms with Crippen LogP contribution in [0.4, 0.5) is 5.69 Å². The van der Waals surface area contributed by atoms with E-state index >= 15 is 0 Å². The molecule has 3 aromatic rings. The fourth-order valence-corrected chi connectivity index (χ4v) is 3.10. The number of amides is 1. The molecule has 0 saturated heterocycles. The minimum Gasteiger partial charge on any atom is -0.324 e. The number of rotatable bonds is 5. The second-order valence-electron chi connectivity index (χ2n) is 6.46. The zero-order valence-corrected chi connectivity index (χ0v) is 15.4. The number of para-hydroxylation sites is 1. The van der Waals surface area contributed by atoms with E-state index in [9.17, 15) is 14.4 Å². The topological polar surface area (TPSA) is 73.1 Å². The summed E-state index contributed by atoms with van der Waals surface area (Å²) in [7, 11) is 0. The highest BCUT2D eigenvalue weighted by atomic mass is 16.2. The molecule has 0 bridgehead atoms. The lowest BCUT2D eigenvalue weighted by Gasteiger charge is -2.14. The van der Waals surface area contributed by atoms with E-state index in [2.05, 4.69) is 11.9 Å². The Morgan fingerprint density at radius 1 is 1.11 bits per heavy atom. The lowest BCUT2D eigenvalue weighted by atomic mass is 10.1. The zero-order chi connectivity index (χ0) is 19.6. The van der Waals surface area contributed by atoms with Crippen molar-refractivity contribution >= 4 is 22.5 Å².